The number of fused-ring (bicyclic) bond motifs is 1. The van der Waals surface area contributed by atoms with Crippen LogP contribution < -0.4 is 5.32 Å². The van der Waals surface area contributed by atoms with Crippen LogP contribution in [0, 0.1) is 17.5 Å². The fourth-order valence-electron chi connectivity index (χ4n) is 3.03. The molecule has 0 fully saturated rings. The number of carbonyl (C=O) groups excluding carboxylic acids is 1. The highest BCUT2D eigenvalue weighted by molar-refractivity contribution is 5.94. The van der Waals surface area contributed by atoms with Crippen molar-refractivity contribution in [2.45, 2.75) is 12.3 Å². The molecule has 0 saturated carbocycles. The van der Waals surface area contributed by atoms with Crippen molar-refractivity contribution in [2.75, 3.05) is 5.32 Å². The van der Waals surface area contributed by atoms with Gasteiger partial charge in [0.15, 0.2) is 0 Å². The van der Waals surface area contributed by atoms with Gasteiger partial charge in [0, 0.05) is 18.4 Å². The highest BCUT2D eigenvalue weighted by Gasteiger charge is 2.31. The molecule has 1 aliphatic heterocycles. The van der Waals surface area contributed by atoms with Gasteiger partial charge in [-0.05, 0) is 29.8 Å². The Morgan fingerprint density at radius 3 is 2.52 bits per heavy atom. The van der Waals surface area contributed by atoms with E-state index in [0.717, 1.165) is 23.8 Å². The Kier molecular flexibility index (Phi) is 3.56. The van der Waals surface area contributed by atoms with Gasteiger partial charge >= 0.3 is 0 Å². The fraction of sp³-hybridized carbons (Fsp3) is 0.111. The first kappa shape index (κ1) is 15.4. The number of hydrogen-bond acceptors (Lipinski definition) is 2. The summed E-state index contributed by atoms with van der Waals surface area (Å²) >= 11 is 0. The summed E-state index contributed by atoms with van der Waals surface area (Å²) in [5.41, 5.74) is 1.20. The summed E-state index contributed by atoms with van der Waals surface area (Å²) in [6.45, 7) is 0. The van der Waals surface area contributed by atoms with Crippen molar-refractivity contribution < 1.29 is 18.0 Å². The van der Waals surface area contributed by atoms with Crippen LogP contribution in [-0.4, -0.2) is 15.5 Å². The minimum Gasteiger partial charge on any atom is -0.310 e. The molecule has 1 atom stereocenters. The number of hydrogen-bond donors (Lipinski definition) is 1. The number of amides is 1. The molecule has 2 heterocycles. The largest absolute Gasteiger partial charge is 0.310 e. The topological polar surface area (TPSA) is 46.9 Å². The summed E-state index contributed by atoms with van der Waals surface area (Å²) in [6, 6.07) is 8.86. The van der Waals surface area contributed by atoms with E-state index < -0.39 is 11.6 Å². The molecule has 1 amide bonds. The van der Waals surface area contributed by atoms with Crippen molar-refractivity contribution in [1.82, 2.24) is 9.55 Å². The summed E-state index contributed by atoms with van der Waals surface area (Å²) in [5, 5.41) is 2.66. The van der Waals surface area contributed by atoms with Crippen LogP contribution in [0.25, 0.3) is 5.69 Å². The highest BCUT2D eigenvalue weighted by Crippen LogP contribution is 2.37. The summed E-state index contributed by atoms with van der Waals surface area (Å²) in [5.74, 6) is -2.00. The molecule has 3 aromatic rings. The third-order valence-electron chi connectivity index (χ3n) is 4.21. The molecule has 7 heteroatoms. The monoisotopic (exact) mass is 343 g/mol. The van der Waals surface area contributed by atoms with E-state index in [1.165, 1.54) is 23.0 Å². The lowest BCUT2D eigenvalue weighted by Gasteiger charge is -2.23. The SMILES string of the molecule is O=C1CC(c2ccc(F)cc2)c2ncn(-c3cc(F)ccc3F)c2N1. The summed E-state index contributed by atoms with van der Waals surface area (Å²) in [4.78, 5) is 16.4. The zero-order valence-electron chi connectivity index (χ0n) is 12.8. The van der Waals surface area contributed by atoms with Crippen LogP contribution in [0.1, 0.15) is 23.6 Å². The van der Waals surface area contributed by atoms with Gasteiger partial charge in [0.1, 0.15) is 29.6 Å². The number of carbonyl (C=O) groups is 1. The van der Waals surface area contributed by atoms with Crippen LogP contribution in [0.3, 0.4) is 0 Å². The molecule has 4 rings (SSSR count). The predicted octanol–water partition coefficient (Wildman–Crippen LogP) is 3.76. The van der Waals surface area contributed by atoms with Crippen LogP contribution in [0.5, 0.6) is 0 Å². The number of anilines is 1. The van der Waals surface area contributed by atoms with Crippen molar-refractivity contribution in [2.24, 2.45) is 0 Å². The summed E-state index contributed by atoms with van der Waals surface area (Å²) < 4.78 is 42.1. The number of nitrogens with one attached hydrogen (secondary N) is 1. The molecule has 1 aromatic heterocycles. The second kappa shape index (κ2) is 5.77. The van der Waals surface area contributed by atoms with Gasteiger partial charge in [0.05, 0.1) is 11.4 Å². The smallest absolute Gasteiger partial charge is 0.226 e. The molecule has 0 radical (unpaired) electrons. The predicted molar refractivity (Wildman–Crippen MR) is 85.0 cm³/mol. The zero-order chi connectivity index (χ0) is 17.6. The van der Waals surface area contributed by atoms with Crippen molar-refractivity contribution in [3.05, 3.63) is 77.5 Å². The molecule has 0 saturated heterocycles. The Morgan fingerprint density at radius 2 is 1.76 bits per heavy atom. The number of imidazole rings is 1. The number of nitrogens with zero attached hydrogens (tertiary/aromatic N) is 2. The van der Waals surface area contributed by atoms with E-state index in [0.29, 0.717) is 5.69 Å². The van der Waals surface area contributed by atoms with Crippen LogP contribution in [0.15, 0.2) is 48.8 Å². The lowest BCUT2D eigenvalue weighted by Crippen LogP contribution is -2.25. The lowest BCUT2D eigenvalue weighted by atomic mass is 9.90. The molecule has 0 aliphatic carbocycles. The maximum Gasteiger partial charge on any atom is 0.226 e. The van der Waals surface area contributed by atoms with E-state index in [-0.39, 0.29) is 35.6 Å². The first-order valence-corrected chi connectivity index (χ1v) is 7.61. The van der Waals surface area contributed by atoms with Gasteiger partial charge in [0.25, 0.3) is 0 Å². The van der Waals surface area contributed by atoms with E-state index in [2.05, 4.69) is 10.3 Å². The van der Waals surface area contributed by atoms with Crippen molar-refractivity contribution in [3.63, 3.8) is 0 Å². The minimum atomic E-state index is -0.639. The van der Waals surface area contributed by atoms with Crippen molar-refractivity contribution in [3.8, 4) is 5.69 Å². The van der Waals surface area contributed by atoms with Gasteiger partial charge in [-0.3, -0.25) is 9.36 Å². The molecule has 126 valence electrons. The Bertz CT molecular complexity index is 966. The van der Waals surface area contributed by atoms with Crippen LogP contribution in [-0.2, 0) is 4.79 Å². The third-order valence-corrected chi connectivity index (χ3v) is 4.21. The Labute approximate surface area is 140 Å². The Hall–Kier alpha value is -3.09. The molecule has 4 nitrogen and oxygen atoms in total. The second-order valence-corrected chi connectivity index (χ2v) is 5.80. The van der Waals surface area contributed by atoms with Gasteiger partial charge in [-0.1, -0.05) is 12.1 Å². The second-order valence-electron chi connectivity index (χ2n) is 5.80. The molecule has 0 bridgehead atoms. The van der Waals surface area contributed by atoms with Gasteiger partial charge in [-0.2, -0.15) is 0 Å². The highest BCUT2D eigenvalue weighted by atomic mass is 19.1. The van der Waals surface area contributed by atoms with E-state index in [4.69, 9.17) is 0 Å². The van der Waals surface area contributed by atoms with E-state index in [1.54, 1.807) is 12.1 Å². The zero-order valence-corrected chi connectivity index (χ0v) is 12.8. The molecular weight excluding hydrogens is 331 g/mol. The van der Waals surface area contributed by atoms with Crippen LogP contribution in [0.2, 0.25) is 0 Å². The number of benzene rings is 2. The van der Waals surface area contributed by atoms with Gasteiger partial charge in [-0.25, -0.2) is 18.2 Å². The maximum atomic E-state index is 14.1. The van der Waals surface area contributed by atoms with Gasteiger partial charge in [-0.15, -0.1) is 0 Å². The quantitative estimate of drug-likeness (QED) is 0.770. The van der Waals surface area contributed by atoms with Crippen LogP contribution in [0.4, 0.5) is 19.0 Å². The van der Waals surface area contributed by atoms with Crippen LogP contribution >= 0.6 is 0 Å². The molecule has 1 unspecified atom stereocenters. The van der Waals surface area contributed by atoms with E-state index >= 15 is 0 Å². The minimum absolute atomic E-state index is 0.0474. The third kappa shape index (κ3) is 2.67. The molecule has 2 aromatic carbocycles. The first-order chi connectivity index (χ1) is 12.0. The molecule has 25 heavy (non-hydrogen) atoms. The molecule has 1 N–H and O–H groups in total. The molecular formula is C18H12F3N3O. The molecule has 0 spiro atoms. The van der Waals surface area contributed by atoms with Crippen molar-refractivity contribution >= 4 is 11.7 Å². The van der Waals surface area contributed by atoms with E-state index in [1.807, 2.05) is 0 Å². The van der Waals surface area contributed by atoms with Gasteiger partial charge < -0.3 is 5.32 Å². The number of rotatable bonds is 2. The van der Waals surface area contributed by atoms with Crippen molar-refractivity contribution in [1.29, 1.82) is 0 Å². The summed E-state index contributed by atoms with van der Waals surface area (Å²) in [6.07, 6.45) is 1.48. The van der Waals surface area contributed by atoms with Gasteiger partial charge in [0.2, 0.25) is 5.91 Å². The number of halogens is 3. The maximum absolute atomic E-state index is 14.1. The standard InChI is InChI=1S/C18H12F3N3O/c19-11-3-1-10(2-4-11)13-8-16(25)23-18-17(13)22-9-24(18)15-7-12(20)5-6-14(15)21/h1-7,9,13H,8H2,(H,23,25). The first-order valence-electron chi connectivity index (χ1n) is 7.61. The Balaban J connectivity index is 1.84. The lowest BCUT2D eigenvalue weighted by molar-refractivity contribution is -0.116. The number of aromatic nitrogens is 2. The average molecular weight is 343 g/mol. The fourth-order valence-corrected chi connectivity index (χ4v) is 3.03. The molecule has 1 aliphatic rings. The summed E-state index contributed by atoms with van der Waals surface area (Å²) in [7, 11) is 0. The Morgan fingerprint density at radius 1 is 1.04 bits per heavy atom. The normalized spacial score (nSPS) is 16.4. The van der Waals surface area contributed by atoms with E-state index in [9.17, 15) is 18.0 Å². The average Bonchev–Trinajstić information content (AvgIpc) is 3.00.